The molecule has 2 N–H and O–H groups in total. The summed E-state index contributed by atoms with van der Waals surface area (Å²) in [6, 6.07) is 10.7. The van der Waals surface area contributed by atoms with Crippen LogP contribution in [-0.4, -0.2) is 13.0 Å². The summed E-state index contributed by atoms with van der Waals surface area (Å²) in [6.07, 6.45) is 0. The molecule has 5 heteroatoms. The molecule has 0 aliphatic carbocycles. The van der Waals surface area contributed by atoms with E-state index in [1.807, 2.05) is 31.3 Å². The first kappa shape index (κ1) is 12.7. The lowest BCUT2D eigenvalue weighted by molar-refractivity contribution is 0.0997. The third kappa shape index (κ3) is 3.12. The van der Waals surface area contributed by atoms with Gasteiger partial charge in [0.25, 0.3) is 5.91 Å². The molecule has 2 rings (SSSR count). The van der Waals surface area contributed by atoms with Crippen LogP contribution in [0.15, 0.2) is 40.8 Å². The van der Waals surface area contributed by atoms with Crippen LogP contribution in [0.3, 0.4) is 0 Å². The average molecular weight is 265 g/mol. The van der Waals surface area contributed by atoms with E-state index in [0.717, 1.165) is 17.8 Å². The van der Waals surface area contributed by atoms with E-state index in [4.69, 9.17) is 16.0 Å². The summed E-state index contributed by atoms with van der Waals surface area (Å²) in [5.41, 5.74) is 1.81. The second-order valence-corrected chi connectivity index (χ2v) is 4.16. The zero-order valence-corrected chi connectivity index (χ0v) is 10.6. The van der Waals surface area contributed by atoms with E-state index in [-0.39, 0.29) is 16.9 Å². The molecule has 0 aliphatic heterocycles. The van der Waals surface area contributed by atoms with Crippen molar-refractivity contribution in [1.82, 2.24) is 5.32 Å². The van der Waals surface area contributed by atoms with Crippen molar-refractivity contribution in [1.29, 1.82) is 0 Å². The summed E-state index contributed by atoms with van der Waals surface area (Å²) in [7, 11) is 1.87. The number of carbonyl (C=O) groups excluding carboxylic acids is 1. The largest absolute Gasteiger partial charge is 0.440 e. The first-order valence-corrected chi connectivity index (χ1v) is 5.87. The van der Waals surface area contributed by atoms with Gasteiger partial charge in [-0.15, -0.1) is 0 Å². The van der Waals surface area contributed by atoms with Crippen molar-refractivity contribution in [2.75, 3.05) is 12.4 Å². The van der Waals surface area contributed by atoms with Crippen LogP contribution in [0.25, 0.3) is 0 Å². The number of anilines is 1. The summed E-state index contributed by atoms with van der Waals surface area (Å²) in [6.45, 7) is 0.746. The topological polar surface area (TPSA) is 54.3 Å². The lowest BCUT2D eigenvalue weighted by Gasteiger charge is -2.05. The van der Waals surface area contributed by atoms with E-state index < -0.39 is 0 Å². The predicted molar refractivity (Wildman–Crippen MR) is 70.9 cm³/mol. The average Bonchev–Trinajstić information content (AvgIpc) is 2.77. The summed E-state index contributed by atoms with van der Waals surface area (Å²) < 4.78 is 5.04. The Morgan fingerprint density at radius 2 is 2.17 bits per heavy atom. The zero-order chi connectivity index (χ0) is 13.0. The van der Waals surface area contributed by atoms with Gasteiger partial charge in [0.15, 0.2) is 11.0 Å². The molecule has 0 atom stereocenters. The van der Waals surface area contributed by atoms with Gasteiger partial charge in [-0.05, 0) is 48.5 Å². The molecule has 18 heavy (non-hydrogen) atoms. The summed E-state index contributed by atoms with van der Waals surface area (Å²) in [5.74, 6) is -0.123. The highest BCUT2D eigenvalue weighted by molar-refractivity contribution is 6.29. The highest BCUT2D eigenvalue weighted by Crippen LogP contribution is 2.16. The molecule has 1 heterocycles. The smallest absolute Gasteiger partial charge is 0.291 e. The number of hydrogen-bond donors (Lipinski definition) is 2. The second kappa shape index (κ2) is 5.71. The quantitative estimate of drug-likeness (QED) is 0.893. The fraction of sp³-hybridized carbons (Fsp3) is 0.154. The van der Waals surface area contributed by atoms with Crippen molar-refractivity contribution in [3.8, 4) is 0 Å². The minimum Gasteiger partial charge on any atom is -0.440 e. The number of halogens is 1. The Labute approximate surface area is 110 Å². The number of carbonyl (C=O) groups is 1. The van der Waals surface area contributed by atoms with Crippen LogP contribution < -0.4 is 10.6 Å². The SMILES string of the molecule is CNCc1cccc(NC(=O)c2ccc(Cl)o2)c1. The monoisotopic (exact) mass is 264 g/mol. The molecule has 0 radical (unpaired) electrons. The molecular weight excluding hydrogens is 252 g/mol. The van der Waals surface area contributed by atoms with Crippen LogP contribution in [0.2, 0.25) is 5.22 Å². The van der Waals surface area contributed by atoms with Crippen molar-refractivity contribution in [2.24, 2.45) is 0 Å². The summed E-state index contributed by atoms with van der Waals surface area (Å²) in [5, 5.41) is 6.00. The molecule has 0 saturated heterocycles. The van der Waals surface area contributed by atoms with Gasteiger partial charge in [-0.25, -0.2) is 0 Å². The number of nitrogens with one attached hydrogen (secondary N) is 2. The number of hydrogen-bond acceptors (Lipinski definition) is 3. The highest BCUT2D eigenvalue weighted by Gasteiger charge is 2.10. The van der Waals surface area contributed by atoms with Crippen molar-refractivity contribution in [2.45, 2.75) is 6.54 Å². The molecule has 0 saturated carbocycles. The van der Waals surface area contributed by atoms with E-state index >= 15 is 0 Å². The Kier molecular flexibility index (Phi) is 4.02. The summed E-state index contributed by atoms with van der Waals surface area (Å²) in [4.78, 5) is 11.8. The molecule has 2 aromatic rings. The lowest BCUT2D eigenvalue weighted by atomic mass is 10.2. The summed E-state index contributed by atoms with van der Waals surface area (Å²) >= 11 is 5.62. The maximum absolute atomic E-state index is 11.8. The third-order valence-corrected chi connectivity index (χ3v) is 2.57. The predicted octanol–water partition coefficient (Wildman–Crippen LogP) is 2.90. The van der Waals surface area contributed by atoms with Crippen molar-refractivity contribution in [3.63, 3.8) is 0 Å². The Morgan fingerprint density at radius 3 is 2.83 bits per heavy atom. The van der Waals surface area contributed by atoms with Crippen LogP contribution >= 0.6 is 11.6 Å². The molecule has 0 bridgehead atoms. The Bertz CT molecular complexity index is 551. The van der Waals surface area contributed by atoms with Crippen LogP contribution in [0.4, 0.5) is 5.69 Å². The van der Waals surface area contributed by atoms with Crippen LogP contribution in [0, 0.1) is 0 Å². The maximum atomic E-state index is 11.8. The molecule has 0 unspecified atom stereocenters. The molecule has 0 fully saturated rings. The van der Waals surface area contributed by atoms with E-state index in [1.165, 1.54) is 12.1 Å². The first-order chi connectivity index (χ1) is 8.69. The molecule has 94 valence electrons. The maximum Gasteiger partial charge on any atom is 0.291 e. The van der Waals surface area contributed by atoms with Gasteiger partial charge >= 0.3 is 0 Å². The zero-order valence-electron chi connectivity index (χ0n) is 9.87. The molecule has 1 aromatic heterocycles. The Hall–Kier alpha value is -1.78. The molecule has 0 aliphatic rings. The van der Waals surface area contributed by atoms with Gasteiger partial charge in [0.2, 0.25) is 0 Å². The van der Waals surface area contributed by atoms with Gasteiger partial charge < -0.3 is 15.1 Å². The van der Waals surface area contributed by atoms with Crippen molar-refractivity contribution < 1.29 is 9.21 Å². The Balaban J connectivity index is 2.09. The standard InChI is InChI=1S/C13H13ClN2O2/c1-15-8-9-3-2-4-10(7-9)16-13(17)11-5-6-12(14)18-11/h2-7,15H,8H2,1H3,(H,16,17). The van der Waals surface area contributed by atoms with E-state index in [1.54, 1.807) is 0 Å². The van der Waals surface area contributed by atoms with Crippen molar-refractivity contribution in [3.05, 3.63) is 52.9 Å². The normalized spacial score (nSPS) is 10.3. The molecular formula is C13H13ClN2O2. The molecule has 4 nitrogen and oxygen atoms in total. The van der Waals surface area contributed by atoms with Crippen LogP contribution in [0.1, 0.15) is 16.1 Å². The minimum atomic E-state index is -0.316. The van der Waals surface area contributed by atoms with Gasteiger partial charge in [0, 0.05) is 12.2 Å². The van der Waals surface area contributed by atoms with Gasteiger partial charge in [-0.2, -0.15) is 0 Å². The second-order valence-electron chi connectivity index (χ2n) is 3.79. The fourth-order valence-corrected chi connectivity index (χ4v) is 1.74. The van der Waals surface area contributed by atoms with Gasteiger partial charge in [0.1, 0.15) is 0 Å². The van der Waals surface area contributed by atoms with Crippen LogP contribution in [0.5, 0.6) is 0 Å². The van der Waals surface area contributed by atoms with Crippen LogP contribution in [-0.2, 0) is 6.54 Å². The molecule has 0 spiro atoms. The number of benzene rings is 1. The van der Waals surface area contributed by atoms with Gasteiger partial charge in [-0.1, -0.05) is 12.1 Å². The molecule has 1 amide bonds. The van der Waals surface area contributed by atoms with E-state index in [0.29, 0.717) is 0 Å². The minimum absolute atomic E-state index is 0.194. The number of rotatable bonds is 4. The fourth-order valence-electron chi connectivity index (χ4n) is 1.59. The third-order valence-electron chi connectivity index (χ3n) is 2.36. The van der Waals surface area contributed by atoms with Gasteiger partial charge in [0.05, 0.1) is 0 Å². The highest BCUT2D eigenvalue weighted by atomic mass is 35.5. The number of furan rings is 1. The first-order valence-electron chi connectivity index (χ1n) is 5.49. The van der Waals surface area contributed by atoms with Crippen molar-refractivity contribution >= 4 is 23.2 Å². The Morgan fingerprint density at radius 1 is 1.33 bits per heavy atom. The number of amides is 1. The lowest BCUT2D eigenvalue weighted by Crippen LogP contribution is -2.11. The van der Waals surface area contributed by atoms with E-state index in [2.05, 4.69) is 10.6 Å². The van der Waals surface area contributed by atoms with Gasteiger partial charge in [-0.3, -0.25) is 4.79 Å². The van der Waals surface area contributed by atoms with E-state index in [9.17, 15) is 4.79 Å². The molecule has 1 aromatic carbocycles.